The highest BCUT2D eigenvalue weighted by molar-refractivity contribution is 5.89. The Kier molecular flexibility index (Phi) is 6.22. The Labute approximate surface area is 116 Å². The first-order valence-electron chi connectivity index (χ1n) is 5.78. The molecule has 2 N–H and O–H groups in total. The largest absolute Gasteiger partial charge is 0.340 e. The Morgan fingerprint density at radius 2 is 1.94 bits per heavy atom. The average molecular weight is 284 g/mol. The third-order valence-corrected chi connectivity index (χ3v) is 3.63. The van der Waals surface area contributed by atoms with Gasteiger partial charge in [0.15, 0.2) is 0 Å². The van der Waals surface area contributed by atoms with E-state index in [1.807, 2.05) is 4.90 Å². The third kappa shape index (κ3) is 3.71. The lowest BCUT2D eigenvalue weighted by Gasteiger charge is -2.37. The summed E-state index contributed by atoms with van der Waals surface area (Å²) in [4.78, 5) is 16.2. The van der Waals surface area contributed by atoms with Crippen LogP contribution in [0.5, 0.6) is 0 Å². The fourth-order valence-corrected chi connectivity index (χ4v) is 2.22. The third-order valence-electron chi connectivity index (χ3n) is 3.63. The second kappa shape index (κ2) is 6.23. The standard InChI is InChI=1S/C11H21N3O.2ClH/c1-13(2)9-4-3-7-14(8-9)10(15)11(12)5-6-11;;/h9H,3-8,12H2,1-2H3;2*1H. The summed E-state index contributed by atoms with van der Waals surface area (Å²) in [5, 5.41) is 0. The second-order valence-corrected chi connectivity index (χ2v) is 5.17. The van der Waals surface area contributed by atoms with Crippen molar-refractivity contribution in [1.82, 2.24) is 9.80 Å². The van der Waals surface area contributed by atoms with Crippen molar-refractivity contribution in [3.63, 3.8) is 0 Å². The molecular formula is C11H23Cl2N3O. The number of nitrogens with zero attached hydrogens (tertiary/aromatic N) is 2. The molecule has 102 valence electrons. The van der Waals surface area contributed by atoms with E-state index >= 15 is 0 Å². The number of halogens is 2. The van der Waals surface area contributed by atoms with Gasteiger partial charge in [-0.2, -0.15) is 0 Å². The highest BCUT2D eigenvalue weighted by Crippen LogP contribution is 2.34. The predicted octanol–water partition coefficient (Wildman–Crippen LogP) is 0.874. The summed E-state index contributed by atoms with van der Waals surface area (Å²) < 4.78 is 0. The molecule has 0 aromatic carbocycles. The zero-order valence-corrected chi connectivity index (χ0v) is 12.1. The van der Waals surface area contributed by atoms with Crippen LogP contribution in [0.1, 0.15) is 25.7 Å². The molecule has 1 aliphatic carbocycles. The van der Waals surface area contributed by atoms with E-state index in [1.54, 1.807) is 0 Å². The van der Waals surface area contributed by atoms with Crippen LogP contribution in [-0.4, -0.2) is 54.5 Å². The second-order valence-electron chi connectivity index (χ2n) is 5.17. The van der Waals surface area contributed by atoms with Crippen LogP contribution in [-0.2, 0) is 4.79 Å². The number of amides is 1. The maximum absolute atomic E-state index is 12.0. The van der Waals surface area contributed by atoms with E-state index in [0.717, 1.165) is 32.4 Å². The minimum Gasteiger partial charge on any atom is -0.340 e. The molecule has 1 saturated carbocycles. The Hall–Kier alpha value is -0.0300. The van der Waals surface area contributed by atoms with E-state index in [9.17, 15) is 4.79 Å². The lowest BCUT2D eigenvalue weighted by atomic mass is 10.0. The number of hydrogen-bond donors (Lipinski definition) is 1. The Bertz CT molecular complexity index is 269. The van der Waals surface area contributed by atoms with Gasteiger partial charge in [-0.15, -0.1) is 24.8 Å². The monoisotopic (exact) mass is 283 g/mol. The predicted molar refractivity (Wildman–Crippen MR) is 73.9 cm³/mol. The molecule has 1 amide bonds. The van der Waals surface area contributed by atoms with E-state index in [0.29, 0.717) is 6.04 Å². The van der Waals surface area contributed by atoms with Crippen LogP contribution in [0.4, 0.5) is 0 Å². The van der Waals surface area contributed by atoms with Crippen molar-refractivity contribution in [2.45, 2.75) is 37.3 Å². The van der Waals surface area contributed by atoms with Gasteiger partial charge in [-0.05, 0) is 39.8 Å². The number of hydrogen-bond acceptors (Lipinski definition) is 3. The normalized spacial score (nSPS) is 25.9. The van der Waals surface area contributed by atoms with Crippen LogP contribution in [0.3, 0.4) is 0 Å². The highest BCUT2D eigenvalue weighted by atomic mass is 35.5. The average Bonchev–Trinajstić information content (AvgIpc) is 2.97. The molecule has 0 radical (unpaired) electrons. The minimum atomic E-state index is -0.492. The molecule has 1 atom stereocenters. The molecule has 2 fully saturated rings. The van der Waals surface area contributed by atoms with Crippen molar-refractivity contribution in [3.8, 4) is 0 Å². The van der Waals surface area contributed by atoms with Gasteiger partial charge < -0.3 is 15.5 Å². The van der Waals surface area contributed by atoms with Crippen LogP contribution >= 0.6 is 24.8 Å². The van der Waals surface area contributed by atoms with Gasteiger partial charge in [-0.3, -0.25) is 4.79 Å². The van der Waals surface area contributed by atoms with Gasteiger partial charge in [0, 0.05) is 19.1 Å². The first-order chi connectivity index (χ1) is 7.03. The minimum absolute atomic E-state index is 0. The van der Waals surface area contributed by atoms with E-state index in [1.165, 1.54) is 6.42 Å². The van der Waals surface area contributed by atoms with E-state index in [2.05, 4.69) is 19.0 Å². The summed E-state index contributed by atoms with van der Waals surface area (Å²) in [6.07, 6.45) is 4.03. The lowest BCUT2D eigenvalue weighted by Crippen LogP contribution is -2.53. The summed E-state index contributed by atoms with van der Waals surface area (Å²) in [5.74, 6) is 0.175. The molecule has 0 aromatic heterocycles. The van der Waals surface area contributed by atoms with Crippen LogP contribution in [0, 0.1) is 0 Å². The molecule has 0 aromatic rings. The number of carbonyl (C=O) groups is 1. The number of rotatable bonds is 2. The number of nitrogens with two attached hydrogens (primary N) is 1. The molecule has 17 heavy (non-hydrogen) atoms. The van der Waals surface area contributed by atoms with Crippen molar-refractivity contribution in [2.24, 2.45) is 5.73 Å². The van der Waals surface area contributed by atoms with Gasteiger partial charge in [0.1, 0.15) is 0 Å². The van der Waals surface area contributed by atoms with Gasteiger partial charge in [-0.1, -0.05) is 0 Å². The summed E-state index contributed by atoms with van der Waals surface area (Å²) in [6, 6.07) is 0.505. The zero-order chi connectivity index (χ0) is 11.1. The number of carbonyl (C=O) groups excluding carboxylic acids is 1. The summed E-state index contributed by atoms with van der Waals surface area (Å²) in [7, 11) is 4.15. The summed E-state index contributed by atoms with van der Waals surface area (Å²) in [5.41, 5.74) is 5.45. The first kappa shape index (κ1) is 17.0. The van der Waals surface area contributed by atoms with Gasteiger partial charge in [0.2, 0.25) is 5.91 Å². The smallest absolute Gasteiger partial charge is 0.242 e. The molecule has 1 aliphatic heterocycles. The van der Waals surface area contributed by atoms with Crippen LogP contribution < -0.4 is 5.73 Å². The molecule has 2 rings (SSSR count). The summed E-state index contributed by atoms with van der Waals surface area (Å²) >= 11 is 0. The maximum atomic E-state index is 12.0. The fraction of sp³-hybridized carbons (Fsp3) is 0.909. The van der Waals surface area contributed by atoms with E-state index in [4.69, 9.17) is 5.73 Å². The maximum Gasteiger partial charge on any atom is 0.242 e. The summed E-state index contributed by atoms with van der Waals surface area (Å²) in [6.45, 7) is 1.74. The Morgan fingerprint density at radius 1 is 1.35 bits per heavy atom. The number of likely N-dealkylation sites (N-methyl/N-ethyl adjacent to an activating group) is 1. The van der Waals surface area contributed by atoms with Crippen molar-refractivity contribution < 1.29 is 4.79 Å². The number of likely N-dealkylation sites (tertiary alicyclic amines) is 1. The lowest BCUT2D eigenvalue weighted by molar-refractivity contribution is -0.135. The van der Waals surface area contributed by atoms with Crippen molar-refractivity contribution in [3.05, 3.63) is 0 Å². The fourth-order valence-electron chi connectivity index (χ4n) is 2.22. The van der Waals surface area contributed by atoms with Crippen LogP contribution in [0.25, 0.3) is 0 Å². The van der Waals surface area contributed by atoms with Crippen LogP contribution in [0.15, 0.2) is 0 Å². The van der Waals surface area contributed by atoms with E-state index < -0.39 is 5.54 Å². The van der Waals surface area contributed by atoms with Gasteiger partial charge in [-0.25, -0.2) is 0 Å². The molecule has 2 aliphatic rings. The first-order valence-corrected chi connectivity index (χ1v) is 5.78. The van der Waals surface area contributed by atoms with Gasteiger partial charge >= 0.3 is 0 Å². The quantitative estimate of drug-likeness (QED) is 0.818. The molecule has 1 heterocycles. The Morgan fingerprint density at radius 3 is 2.41 bits per heavy atom. The SMILES string of the molecule is CN(C)C1CCCN(C(=O)C2(N)CC2)C1.Cl.Cl. The topological polar surface area (TPSA) is 49.6 Å². The number of piperidine rings is 1. The zero-order valence-electron chi connectivity index (χ0n) is 10.5. The molecule has 1 saturated heterocycles. The molecular weight excluding hydrogens is 261 g/mol. The van der Waals surface area contributed by atoms with E-state index in [-0.39, 0.29) is 30.7 Å². The van der Waals surface area contributed by atoms with Crippen LogP contribution in [0.2, 0.25) is 0 Å². The highest BCUT2D eigenvalue weighted by Gasteiger charge is 2.48. The van der Waals surface area contributed by atoms with Crippen molar-refractivity contribution >= 4 is 30.7 Å². The molecule has 1 unspecified atom stereocenters. The van der Waals surface area contributed by atoms with Crippen molar-refractivity contribution in [2.75, 3.05) is 27.2 Å². The Balaban J connectivity index is 0.00000128. The van der Waals surface area contributed by atoms with Gasteiger partial charge in [0.25, 0.3) is 0 Å². The van der Waals surface area contributed by atoms with Crippen molar-refractivity contribution in [1.29, 1.82) is 0 Å². The molecule has 0 bridgehead atoms. The molecule has 4 nitrogen and oxygen atoms in total. The molecule has 6 heteroatoms. The molecule has 0 spiro atoms. The van der Waals surface area contributed by atoms with Gasteiger partial charge in [0.05, 0.1) is 5.54 Å².